The van der Waals surface area contributed by atoms with Crippen LogP contribution in [0.3, 0.4) is 0 Å². The average Bonchev–Trinajstić information content (AvgIpc) is 2.26. The lowest BCUT2D eigenvalue weighted by Crippen LogP contribution is -2.14. The molecule has 0 aliphatic carbocycles. The molecular weight excluding hydrogens is 270 g/mol. The first-order valence-corrected chi connectivity index (χ1v) is 4.62. The molecule has 1 rings (SSSR count). The van der Waals surface area contributed by atoms with Gasteiger partial charge < -0.3 is 10.2 Å². The molecule has 0 amide bonds. The highest BCUT2D eigenvalue weighted by atomic mass is 35.5. The van der Waals surface area contributed by atoms with Gasteiger partial charge in [0.25, 0.3) is 10.9 Å². The predicted octanol–water partition coefficient (Wildman–Crippen LogP) is 1.37. The van der Waals surface area contributed by atoms with Crippen LogP contribution in [0.4, 0.5) is 5.69 Å². The van der Waals surface area contributed by atoms with E-state index in [1.807, 2.05) is 0 Å². The van der Waals surface area contributed by atoms with Crippen molar-refractivity contribution in [1.82, 2.24) is 0 Å². The summed E-state index contributed by atoms with van der Waals surface area (Å²) in [5, 5.41) is 26.9. The lowest BCUT2D eigenvalue weighted by atomic mass is 10.0. The Labute approximate surface area is 104 Å². The topological polar surface area (TPSA) is 135 Å². The minimum absolute atomic E-state index is 0.551. The number of benzene rings is 1. The van der Waals surface area contributed by atoms with Crippen LogP contribution in [-0.4, -0.2) is 32.3 Å². The van der Waals surface area contributed by atoms with Crippen LogP contribution in [0.1, 0.15) is 31.1 Å². The summed E-state index contributed by atoms with van der Waals surface area (Å²) in [4.78, 5) is 42.3. The Kier molecular flexibility index (Phi) is 3.62. The number of aromatic carboxylic acids is 2. The monoisotopic (exact) mass is 273 g/mol. The molecule has 0 saturated carbocycles. The number of non-ortho nitro benzene ring substituents is 1. The fraction of sp³-hybridized carbons (Fsp3) is 0. The van der Waals surface area contributed by atoms with Crippen molar-refractivity contribution in [1.29, 1.82) is 0 Å². The summed E-state index contributed by atoms with van der Waals surface area (Å²) in [6.45, 7) is 0. The van der Waals surface area contributed by atoms with E-state index in [1.165, 1.54) is 0 Å². The Bertz CT molecular complexity index is 545. The number of hydrogen-bond acceptors (Lipinski definition) is 5. The second kappa shape index (κ2) is 4.80. The molecule has 0 heterocycles. The van der Waals surface area contributed by atoms with Crippen LogP contribution >= 0.6 is 11.6 Å². The Balaban J connectivity index is 3.76. The Morgan fingerprint density at radius 2 is 1.61 bits per heavy atom. The zero-order chi connectivity index (χ0) is 14.0. The number of carbonyl (C=O) groups excluding carboxylic acids is 1. The van der Waals surface area contributed by atoms with Gasteiger partial charge in [-0.1, -0.05) is 0 Å². The van der Waals surface area contributed by atoms with Crippen LogP contribution in [0.15, 0.2) is 12.1 Å². The number of halogens is 1. The van der Waals surface area contributed by atoms with E-state index in [1.54, 1.807) is 0 Å². The van der Waals surface area contributed by atoms with E-state index >= 15 is 0 Å². The molecule has 0 aromatic heterocycles. The van der Waals surface area contributed by atoms with Gasteiger partial charge >= 0.3 is 11.9 Å². The summed E-state index contributed by atoms with van der Waals surface area (Å²) in [6, 6.07) is 1.17. The number of nitro groups is 1. The number of hydrogen-bond donors (Lipinski definition) is 2. The van der Waals surface area contributed by atoms with Gasteiger partial charge in [-0.05, 0) is 11.6 Å². The SMILES string of the molecule is O=C(O)c1cc([N+](=O)[O-])cc(C(=O)Cl)c1C(=O)O. The molecule has 0 unspecified atom stereocenters. The maximum absolute atomic E-state index is 11.0. The van der Waals surface area contributed by atoms with Crippen LogP contribution in [0.2, 0.25) is 0 Å². The third-order valence-corrected chi connectivity index (χ3v) is 2.19. The zero-order valence-corrected chi connectivity index (χ0v) is 9.17. The smallest absolute Gasteiger partial charge is 0.337 e. The molecule has 0 bridgehead atoms. The van der Waals surface area contributed by atoms with Crippen LogP contribution in [-0.2, 0) is 0 Å². The van der Waals surface area contributed by atoms with Crippen molar-refractivity contribution in [3.8, 4) is 0 Å². The third-order valence-electron chi connectivity index (χ3n) is 1.99. The highest BCUT2D eigenvalue weighted by Gasteiger charge is 2.27. The number of carbonyl (C=O) groups is 3. The molecule has 0 radical (unpaired) electrons. The maximum Gasteiger partial charge on any atom is 0.337 e. The van der Waals surface area contributed by atoms with Crippen molar-refractivity contribution in [2.24, 2.45) is 0 Å². The van der Waals surface area contributed by atoms with Gasteiger partial charge in [0.15, 0.2) is 0 Å². The van der Waals surface area contributed by atoms with E-state index in [0.29, 0.717) is 12.1 Å². The molecule has 18 heavy (non-hydrogen) atoms. The first kappa shape index (κ1) is 13.6. The second-order valence-electron chi connectivity index (χ2n) is 3.06. The summed E-state index contributed by atoms with van der Waals surface area (Å²) in [5.41, 5.74) is -3.23. The lowest BCUT2D eigenvalue weighted by molar-refractivity contribution is -0.384. The van der Waals surface area contributed by atoms with Gasteiger partial charge in [0.2, 0.25) is 0 Å². The molecule has 1 aromatic carbocycles. The number of nitro benzene ring substituents is 1. The summed E-state index contributed by atoms with van der Waals surface area (Å²) in [5.74, 6) is -3.43. The number of carboxylic acid groups (broad SMARTS) is 2. The van der Waals surface area contributed by atoms with Gasteiger partial charge in [0.1, 0.15) is 0 Å². The van der Waals surface area contributed by atoms with Gasteiger partial charge in [0, 0.05) is 12.1 Å². The summed E-state index contributed by atoms with van der Waals surface area (Å²) in [6.07, 6.45) is 0. The molecule has 0 aliphatic rings. The largest absolute Gasteiger partial charge is 0.478 e. The summed E-state index contributed by atoms with van der Waals surface area (Å²) < 4.78 is 0. The van der Waals surface area contributed by atoms with Crippen molar-refractivity contribution in [2.45, 2.75) is 0 Å². The van der Waals surface area contributed by atoms with E-state index < -0.39 is 44.5 Å². The van der Waals surface area contributed by atoms with Gasteiger partial charge in [-0.2, -0.15) is 0 Å². The van der Waals surface area contributed by atoms with Crippen LogP contribution in [0, 0.1) is 10.1 Å². The summed E-state index contributed by atoms with van der Waals surface area (Å²) in [7, 11) is 0. The molecule has 9 heteroatoms. The molecule has 1 aromatic rings. The maximum atomic E-state index is 11.0. The first-order valence-electron chi connectivity index (χ1n) is 4.24. The van der Waals surface area contributed by atoms with E-state index in [-0.39, 0.29) is 0 Å². The van der Waals surface area contributed by atoms with Crippen LogP contribution in [0.5, 0.6) is 0 Å². The Morgan fingerprint density at radius 3 is 1.94 bits per heavy atom. The number of nitrogens with zero attached hydrogens (tertiary/aromatic N) is 1. The van der Waals surface area contributed by atoms with Gasteiger partial charge in [-0.15, -0.1) is 0 Å². The molecule has 8 nitrogen and oxygen atoms in total. The van der Waals surface area contributed by atoms with Crippen molar-refractivity contribution in [2.75, 3.05) is 0 Å². The van der Waals surface area contributed by atoms with Crippen molar-refractivity contribution < 1.29 is 29.5 Å². The van der Waals surface area contributed by atoms with E-state index in [4.69, 9.17) is 21.8 Å². The third kappa shape index (κ3) is 2.43. The number of carboxylic acids is 2. The highest BCUT2D eigenvalue weighted by molar-refractivity contribution is 6.68. The van der Waals surface area contributed by atoms with Gasteiger partial charge in [-0.25, -0.2) is 9.59 Å². The average molecular weight is 274 g/mol. The van der Waals surface area contributed by atoms with Crippen LogP contribution in [0.25, 0.3) is 0 Å². The fourth-order valence-electron chi connectivity index (χ4n) is 1.29. The Hall–Kier alpha value is -2.48. The fourth-order valence-corrected chi connectivity index (χ4v) is 1.44. The molecule has 0 aliphatic heterocycles. The van der Waals surface area contributed by atoms with Crippen molar-refractivity contribution in [3.05, 3.63) is 38.9 Å². The molecule has 0 spiro atoms. The Morgan fingerprint density at radius 1 is 1.11 bits per heavy atom. The molecule has 0 saturated heterocycles. The van der Waals surface area contributed by atoms with E-state index in [2.05, 4.69) is 0 Å². The zero-order valence-electron chi connectivity index (χ0n) is 8.42. The lowest BCUT2D eigenvalue weighted by Gasteiger charge is -2.05. The van der Waals surface area contributed by atoms with Crippen molar-refractivity contribution >= 4 is 34.5 Å². The highest BCUT2D eigenvalue weighted by Crippen LogP contribution is 2.24. The molecule has 0 atom stereocenters. The second-order valence-corrected chi connectivity index (χ2v) is 3.40. The summed E-state index contributed by atoms with van der Waals surface area (Å²) >= 11 is 5.09. The molecule has 2 N–H and O–H groups in total. The minimum atomic E-state index is -1.72. The van der Waals surface area contributed by atoms with Crippen molar-refractivity contribution in [3.63, 3.8) is 0 Å². The first-order chi connectivity index (χ1) is 8.25. The quantitative estimate of drug-likeness (QED) is 0.480. The predicted molar refractivity (Wildman–Crippen MR) is 57.2 cm³/mol. The normalized spacial score (nSPS) is 9.83. The molecule has 94 valence electrons. The van der Waals surface area contributed by atoms with Gasteiger partial charge in [-0.3, -0.25) is 14.9 Å². The molecule has 0 fully saturated rings. The standard InChI is InChI=1S/C9H4ClNO7/c10-7(12)4-1-3(11(17)18)2-5(8(13)14)6(4)9(15)16/h1-2H,(H,13,14)(H,15,16). The number of rotatable bonds is 4. The van der Waals surface area contributed by atoms with E-state index in [9.17, 15) is 24.5 Å². The van der Waals surface area contributed by atoms with E-state index in [0.717, 1.165) is 0 Å². The molecular formula is C9H4ClNO7. The van der Waals surface area contributed by atoms with Gasteiger partial charge in [0.05, 0.1) is 21.6 Å². The van der Waals surface area contributed by atoms with Crippen LogP contribution < -0.4 is 0 Å². The minimum Gasteiger partial charge on any atom is -0.478 e.